The van der Waals surface area contributed by atoms with E-state index in [2.05, 4.69) is 6.07 Å². The molecule has 0 atom stereocenters. The van der Waals surface area contributed by atoms with Crippen LogP contribution in [0.5, 0.6) is 11.5 Å². The van der Waals surface area contributed by atoms with E-state index in [0.717, 1.165) is 36.9 Å². The molecule has 2 N–H and O–H groups in total. The highest BCUT2D eigenvalue weighted by Crippen LogP contribution is 2.52. The Labute approximate surface area is 108 Å². The summed E-state index contributed by atoms with van der Waals surface area (Å²) in [5.41, 5.74) is 7.32. The average Bonchev–Trinajstić information content (AvgIpc) is 3.29. The van der Waals surface area contributed by atoms with Crippen LogP contribution in [0.25, 0.3) is 0 Å². The number of hydrogen-bond donors (Lipinski definition) is 1. The lowest BCUT2D eigenvalue weighted by atomic mass is 9.95. The van der Waals surface area contributed by atoms with Crippen molar-refractivity contribution in [2.45, 2.75) is 31.1 Å². The van der Waals surface area contributed by atoms with Gasteiger partial charge in [-0.3, -0.25) is 0 Å². The predicted molar refractivity (Wildman–Crippen MR) is 71.2 cm³/mol. The van der Waals surface area contributed by atoms with E-state index in [-0.39, 0.29) is 5.41 Å². The van der Waals surface area contributed by atoms with Gasteiger partial charge in [0.1, 0.15) is 0 Å². The summed E-state index contributed by atoms with van der Waals surface area (Å²) in [7, 11) is 1.70. The molecule has 18 heavy (non-hydrogen) atoms. The molecule has 2 aliphatic carbocycles. The summed E-state index contributed by atoms with van der Waals surface area (Å²) in [6, 6.07) is 6.15. The first-order valence-electron chi connectivity index (χ1n) is 6.79. The molecule has 3 nitrogen and oxygen atoms in total. The fourth-order valence-electron chi connectivity index (χ4n) is 2.46. The van der Waals surface area contributed by atoms with Crippen LogP contribution in [-0.4, -0.2) is 20.3 Å². The van der Waals surface area contributed by atoms with Crippen LogP contribution < -0.4 is 15.2 Å². The summed E-state index contributed by atoms with van der Waals surface area (Å²) in [5.74, 6) is 2.51. The third kappa shape index (κ3) is 2.07. The minimum absolute atomic E-state index is 0.146. The summed E-state index contributed by atoms with van der Waals surface area (Å²) in [5, 5.41) is 0. The van der Waals surface area contributed by atoms with Crippen molar-refractivity contribution in [3.05, 3.63) is 23.8 Å². The maximum absolute atomic E-state index is 6.03. The lowest BCUT2D eigenvalue weighted by molar-refractivity contribution is 0.275. The van der Waals surface area contributed by atoms with E-state index in [1.165, 1.54) is 18.4 Å². The second-order valence-corrected chi connectivity index (χ2v) is 5.58. The van der Waals surface area contributed by atoms with Gasteiger partial charge in [-0.05, 0) is 37.7 Å². The Morgan fingerprint density at radius 3 is 2.67 bits per heavy atom. The zero-order valence-electron chi connectivity index (χ0n) is 10.9. The molecule has 0 radical (unpaired) electrons. The molecule has 2 aliphatic rings. The molecule has 0 bridgehead atoms. The molecule has 0 heterocycles. The number of methoxy groups -OCH3 is 1. The summed E-state index contributed by atoms with van der Waals surface area (Å²) in [6.45, 7) is 1.51. The minimum Gasteiger partial charge on any atom is -0.493 e. The van der Waals surface area contributed by atoms with Gasteiger partial charge < -0.3 is 15.2 Å². The van der Waals surface area contributed by atoms with Crippen molar-refractivity contribution < 1.29 is 9.47 Å². The molecule has 0 aliphatic heterocycles. The predicted octanol–water partition coefficient (Wildman–Crippen LogP) is 2.47. The van der Waals surface area contributed by atoms with Crippen molar-refractivity contribution in [1.82, 2.24) is 0 Å². The smallest absolute Gasteiger partial charge is 0.164 e. The van der Waals surface area contributed by atoms with E-state index in [1.807, 2.05) is 12.1 Å². The third-order valence-electron chi connectivity index (χ3n) is 4.17. The van der Waals surface area contributed by atoms with Gasteiger partial charge in [0, 0.05) is 17.5 Å². The zero-order valence-corrected chi connectivity index (χ0v) is 10.9. The molecule has 3 heteroatoms. The highest BCUT2D eigenvalue weighted by Gasteiger charge is 2.45. The Hall–Kier alpha value is -1.22. The highest BCUT2D eigenvalue weighted by atomic mass is 16.5. The van der Waals surface area contributed by atoms with Crippen molar-refractivity contribution >= 4 is 0 Å². The van der Waals surface area contributed by atoms with Gasteiger partial charge in [-0.25, -0.2) is 0 Å². The third-order valence-corrected chi connectivity index (χ3v) is 4.17. The summed E-state index contributed by atoms with van der Waals surface area (Å²) in [6.07, 6.45) is 4.92. The number of nitrogens with two attached hydrogens (primary N) is 1. The normalized spacial score (nSPS) is 20.6. The minimum atomic E-state index is 0.146. The van der Waals surface area contributed by atoms with Gasteiger partial charge in [-0.1, -0.05) is 12.1 Å². The maximum Gasteiger partial charge on any atom is 0.164 e. The van der Waals surface area contributed by atoms with Crippen LogP contribution in [0.4, 0.5) is 0 Å². The van der Waals surface area contributed by atoms with Crippen LogP contribution in [0.15, 0.2) is 18.2 Å². The molecule has 2 fully saturated rings. The van der Waals surface area contributed by atoms with E-state index in [1.54, 1.807) is 7.11 Å². The van der Waals surface area contributed by atoms with Crippen molar-refractivity contribution in [2.24, 2.45) is 11.7 Å². The van der Waals surface area contributed by atoms with Gasteiger partial charge in [0.25, 0.3) is 0 Å². The number of hydrogen-bond acceptors (Lipinski definition) is 3. The Balaban J connectivity index is 1.90. The Bertz CT molecular complexity index is 436. The molecule has 0 saturated heterocycles. The SMILES string of the molecule is COc1cccc(C2(CN)CC2)c1OCC1CC1. The van der Waals surface area contributed by atoms with E-state index in [0.29, 0.717) is 6.54 Å². The van der Waals surface area contributed by atoms with Gasteiger partial charge in [0.2, 0.25) is 0 Å². The fraction of sp³-hybridized carbons (Fsp3) is 0.600. The highest BCUT2D eigenvalue weighted by molar-refractivity contribution is 5.52. The molecule has 3 rings (SSSR count). The first kappa shape index (κ1) is 11.8. The van der Waals surface area contributed by atoms with Crippen LogP contribution in [0, 0.1) is 5.92 Å². The summed E-state index contributed by atoms with van der Waals surface area (Å²) in [4.78, 5) is 0. The second kappa shape index (κ2) is 4.47. The molecule has 0 aromatic heterocycles. The zero-order chi connectivity index (χ0) is 12.6. The van der Waals surface area contributed by atoms with Crippen molar-refractivity contribution in [1.29, 1.82) is 0 Å². The molecule has 0 spiro atoms. The molecule has 0 amide bonds. The number of para-hydroxylation sites is 1. The summed E-state index contributed by atoms with van der Waals surface area (Å²) >= 11 is 0. The number of benzene rings is 1. The Morgan fingerprint density at radius 2 is 2.11 bits per heavy atom. The average molecular weight is 247 g/mol. The standard InChI is InChI=1S/C15H21NO2/c1-17-13-4-2-3-12(15(10-16)7-8-15)14(13)18-9-11-5-6-11/h2-4,11H,5-10,16H2,1H3. The van der Waals surface area contributed by atoms with Gasteiger partial charge in [0.05, 0.1) is 13.7 Å². The van der Waals surface area contributed by atoms with Crippen LogP contribution in [0.3, 0.4) is 0 Å². The van der Waals surface area contributed by atoms with Crippen molar-refractivity contribution in [2.75, 3.05) is 20.3 Å². The van der Waals surface area contributed by atoms with E-state index < -0.39 is 0 Å². The van der Waals surface area contributed by atoms with Gasteiger partial charge in [0.15, 0.2) is 11.5 Å². The van der Waals surface area contributed by atoms with E-state index in [4.69, 9.17) is 15.2 Å². The topological polar surface area (TPSA) is 44.5 Å². The fourth-order valence-corrected chi connectivity index (χ4v) is 2.46. The first-order chi connectivity index (χ1) is 8.79. The molecule has 1 aromatic carbocycles. The number of rotatable bonds is 6. The quantitative estimate of drug-likeness (QED) is 0.840. The van der Waals surface area contributed by atoms with Crippen LogP contribution in [-0.2, 0) is 5.41 Å². The molecule has 2 saturated carbocycles. The van der Waals surface area contributed by atoms with Gasteiger partial charge in [-0.2, -0.15) is 0 Å². The van der Waals surface area contributed by atoms with Gasteiger partial charge in [-0.15, -0.1) is 0 Å². The summed E-state index contributed by atoms with van der Waals surface area (Å²) < 4.78 is 11.5. The Kier molecular flexibility index (Phi) is 2.94. The molecule has 98 valence electrons. The lowest BCUT2D eigenvalue weighted by Gasteiger charge is -2.20. The molecule has 0 unspecified atom stereocenters. The van der Waals surface area contributed by atoms with Crippen LogP contribution in [0.1, 0.15) is 31.2 Å². The monoisotopic (exact) mass is 247 g/mol. The largest absolute Gasteiger partial charge is 0.493 e. The second-order valence-electron chi connectivity index (χ2n) is 5.58. The van der Waals surface area contributed by atoms with E-state index >= 15 is 0 Å². The van der Waals surface area contributed by atoms with Gasteiger partial charge >= 0.3 is 0 Å². The molecular formula is C15H21NO2. The van der Waals surface area contributed by atoms with Crippen molar-refractivity contribution in [3.8, 4) is 11.5 Å². The van der Waals surface area contributed by atoms with E-state index in [9.17, 15) is 0 Å². The Morgan fingerprint density at radius 1 is 1.33 bits per heavy atom. The number of ether oxygens (including phenoxy) is 2. The van der Waals surface area contributed by atoms with Crippen LogP contribution in [0.2, 0.25) is 0 Å². The van der Waals surface area contributed by atoms with Crippen LogP contribution >= 0.6 is 0 Å². The van der Waals surface area contributed by atoms with Crippen molar-refractivity contribution in [3.63, 3.8) is 0 Å². The lowest BCUT2D eigenvalue weighted by Crippen LogP contribution is -2.21. The first-order valence-corrected chi connectivity index (χ1v) is 6.79. The molecular weight excluding hydrogens is 226 g/mol. The molecule has 1 aromatic rings. The maximum atomic E-state index is 6.03.